The van der Waals surface area contributed by atoms with E-state index in [1.807, 2.05) is 24.3 Å². The number of fused-ring (bicyclic) bond motifs is 1. The van der Waals surface area contributed by atoms with Crippen molar-refractivity contribution in [1.82, 2.24) is 5.32 Å². The lowest BCUT2D eigenvalue weighted by Gasteiger charge is -2.24. The third kappa shape index (κ3) is 1.97. The van der Waals surface area contributed by atoms with Gasteiger partial charge in [0.25, 0.3) is 5.91 Å². The molecule has 1 amide bonds. The molecule has 1 aromatic carbocycles. The fourth-order valence-electron chi connectivity index (χ4n) is 3.20. The normalized spacial score (nSPS) is 27.0. The number of carbonyl (C=O) groups is 1. The molecule has 4 heteroatoms. The Morgan fingerprint density at radius 2 is 2.17 bits per heavy atom. The van der Waals surface area contributed by atoms with E-state index in [1.54, 1.807) is 0 Å². The lowest BCUT2D eigenvalue weighted by molar-refractivity contribution is 0.100. The van der Waals surface area contributed by atoms with Gasteiger partial charge in [-0.1, -0.05) is 12.1 Å². The second-order valence-electron chi connectivity index (χ2n) is 5.25. The van der Waals surface area contributed by atoms with E-state index in [1.165, 1.54) is 12.8 Å². The molecule has 2 aliphatic heterocycles. The summed E-state index contributed by atoms with van der Waals surface area (Å²) in [5, 5.41) is 3.57. The number of nitrogens with zero attached hydrogens (tertiary/aromatic N) is 1. The minimum Gasteiger partial charge on any atom is -0.369 e. The number of nitrogens with two attached hydrogens (primary N) is 1. The smallest absolute Gasteiger partial charge is 0.250 e. The zero-order chi connectivity index (χ0) is 12.5. The van der Waals surface area contributed by atoms with Crippen LogP contribution in [0.15, 0.2) is 24.3 Å². The molecular formula is C14H19N3O. The highest BCUT2D eigenvalue weighted by molar-refractivity contribution is 5.98. The molecule has 2 heterocycles. The lowest BCUT2D eigenvalue weighted by Crippen LogP contribution is -2.40. The number of primary amides is 1. The first-order valence-electron chi connectivity index (χ1n) is 6.63. The predicted molar refractivity (Wildman–Crippen MR) is 71.7 cm³/mol. The third-order valence-corrected chi connectivity index (χ3v) is 4.11. The van der Waals surface area contributed by atoms with Crippen molar-refractivity contribution >= 4 is 11.6 Å². The van der Waals surface area contributed by atoms with E-state index in [-0.39, 0.29) is 5.91 Å². The summed E-state index contributed by atoms with van der Waals surface area (Å²) in [6.45, 7) is 3.13. The van der Waals surface area contributed by atoms with Gasteiger partial charge in [0, 0.05) is 24.8 Å². The van der Waals surface area contributed by atoms with Gasteiger partial charge >= 0.3 is 0 Å². The Morgan fingerprint density at radius 1 is 1.33 bits per heavy atom. The quantitative estimate of drug-likeness (QED) is 0.816. The van der Waals surface area contributed by atoms with Crippen molar-refractivity contribution in [3.8, 4) is 0 Å². The van der Waals surface area contributed by atoms with E-state index in [0.717, 1.165) is 25.3 Å². The van der Waals surface area contributed by atoms with Gasteiger partial charge in [-0.05, 0) is 37.4 Å². The van der Waals surface area contributed by atoms with Gasteiger partial charge < -0.3 is 16.0 Å². The molecule has 18 heavy (non-hydrogen) atoms. The van der Waals surface area contributed by atoms with Crippen LogP contribution in [0, 0.1) is 5.92 Å². The number of carbonyl (C=O) groups excluding carboxylic acids is 1. The fourth-order valence-corrected chi connectivity index (χ4v) is 3.20. The van der Waals surface area contributed by atoms with Crippen molar-refractivity contribution in [2.24, 2.45) is 11.7 Å². The van der Waals surface area contributed by atoms with Gasteiger partial charge in [-0.2, -0.15) is 0 Å². The lowest BCUT2D eigenvalue weighted by atomic mass is 9.94. The summed E-state index contributed by atoms with van der Waals surface area (Å²) >= 11 is 0. The molecule has 2 fully saturated rings. The van der Waals surface area contributed by atoms with Gasteiger partial charge in [-0.3, -0.25) is 4.79 Å². The van der Waals surface area contributed by atoms with Crippen molar-refractivity contribution in [3.05, 3.63) is 29.8 Å². The fraction of sp³-hybridized carbons (Fsp3) is 0.500. The third-order valence-electron chi connectivity index (χ3n) is 4.11. The largest absolute Gasteiger partial charge is 0.369 e. The molecule has 3 N–H and O–H groups in total. The molecule has 1 aromatic rings. The average Bonchev–Trinajstić information content (AvgIpc) is 2.82. The Morgan fingerprint density at radius 3 is 2.94 bits per heavy atom. The second-order valence-corrected chi connectivity index (χ2v) is 5.25. The van der Waals surface area contributed by atoms with Crippen LogP contribution in [0.2, 0.25) is 0 Å². The zero-order valence-electron chi connectivity index (χ0n) is 10.4. The number of benzene rings is 1. The zero-order valence-corrected chi connectivity index (χ0v) is 10.4. The van der Waals surface area contributed by atoms with Crippen LogP contribution in [0.3, 0.4) is 0 Å². The summed E-state index contributed by atoms with van der Waals surface area (Å²) in [5.41, 5.74) is 7.07. The summed E-state index contributed by atoms with van der Waals surface area (Å²) in [6.07, 6.45) is 2.54. The number of nitrogens with one attached hydrogen (secondary N) is 1. The van der Waals surface area contributed by atoms with Crippen molar-refractivity contribution in [2.45, 2.75) is 18.9 Å². The van der Waals surface area contributed by atoms with Crippen LogP contribution in [0.25, 0.3) is 0 Å². The van der Waals surface area contributed by atoms with Crippen LogP contribution in [0.1, 0.15) is 23.2 Å². The van der Waals surface area contributed by atoms with E-state index >= 15 is 0 Å². The van der Waals surface area contributed by atoms with Gasteiger partial charge in [0.05, 0.1) is 5.56 Å². The van der Waals surface area contributed by atoms with Crippen LogP contribution in [0.4, 0.5) is 5.69 Å². The topological polar surface area (TPSA) is 58.4 Å². The molecule has 0 bridgehead atoms. The van der Waals surface area contributed by atoms with Crippen LogP contribution in [0.5, 0.6) is 0 Å². The maximum Gasteiger partial charge on any atom is 0.250 e. The summed E-state index contributed by atoms with van der Waals surface area (Å²) in [5.74, 6) is 0.369. The number of para-hydroxylation sites is 1. The van der Waals surface area contributed by atoms with E-state index in [9.17, 15) is 4.79 Å². The highest BCUT2D eigenvalue weighted by Gasteiger charge is 2.35. The van der Waals surface area contributed by atoms with Gasteiger partial charge in [0.15, 0.2) is 0 Å². The minimum atomic E-state index is -0.339. The van der Waals surface area contributed by atoms with Crippen LogP contribution in [-0.2, 0) is 0 Å². The first kappa shape index (κ1) is 11.5. The van der Waals surface area contributed by atoms with Crippen LogP contribution < -0.4 is 16.0 Å². The predicted octanol–water partition coefficient (Wildman–Crippen LogP) is 0.974. The Balaban J connectivity index is 1.85. The summed E-state index contributed by atoms with van der Waals surface area (Å²) in [7, 11) is 0. The molecule has 0 aromatic heterocycles. The average molecular weight is 245 g/mol. The van der Waals surface area contributed by atoms with Crippen molar-refractivity contribution in [2.75, 3.05) is 24.5 Å². The van der Waals surface area contributed by atoms with Crippen molar-refractivity contribution in [3.63, 3.8) is 0 Å². The van der Waals surface area contributed by atoms with Crippen LogP contribution in [-0.4, -0.2) is 31.6 Å². The molecule has 0 aliphatic carbocycles. The number of piperidine rings is 1. The SMILES string of the molecule is NC(=O)c1ccccc1N1CC2CCCNC2C1. The van der Waals surface area contributed by atoms with E-state index in [2.05, 4.69) is 10.2 Å². The maximum absolute atomic E-state index is 11.5. The molecule has 0 radical (unpaired) electrons. The molecule has 2 aliphatic rings. The molecule has 96 valence electrons. The number of rotatable bonds is 2. The molecular weight excluding hydrogens is 226 g/mol. The van der Waals surface area contributed by atoms with Crippen molar-refractivity contribution < 1.29 is 4.79 Å². The molecule has 2 atom stereocenters. The second kappa shape index (κ2) is 4.61. The number of amides is 1. The number of hydrogen-bond acceptors (Lipinski definition) is 3. The first-order valence-corrected chi connectivity index (χ1v) is 6.63. The highest BCUT2D eigenvalue weighted by Crippen LogP contribution is 2.30. The number of anilines is 1. The molecule has 0 spiro atoms. The number of hydrogen-bond donors (Lipinski definition) is 2. The molecule has 4 nitrogen and oxygen atoms in total. The molecule has 2 unspecified atom stereocenters. The summed E-state index contributed by atoms with van der Waals surface area (Å²) in [6, 6.07) is 8.21. The van der Waals surface area contributed by atoms with Gasteiger partial charge in [-0.15, -0.1) is 0 Å². The Hall–Kier alpha value is -1.55. The standard InChI is InChI=1S/C14H19N3O/c15-14(18)11-5-1-2-6-13(11)17-8-10-4-3-7-16-12(10)9-17/h1-2,5-6,10,12,16H,3-4,7-9H2,(H2,15,18). The van der Waals surface area contributed by atoms with E-state index in [0.29, 0.717) is 17.5 Å². The maximum atomic E-state index is 11.5. The summed E-state index contributed by atoms with van der Waals surface area (Å²) in [4.78, 5) is 13.8. The van der Waals surface area contributed by atoms with Crippen LogP contribution >= 0.6 is 0 Å². The molecule has 3 rings (SSSR count). The van der Waals surface area contributed by atoms with Crippen molar-refractivity contribution in [1.29, 1.82) is 0 Å². The van der Waals surface area contributed by atoms with Gasteiger partial charge in [0.2, 0.25) is 0 Å². The highest BCUT2D eigenvalue weighted by atomic mass is 16.1. The van der Waals surface area contributed by atoms with Gasteiger partial charge in [-0.25, -0.2) is 0 Å². The first-order chi connectivity index (χ1) is 8.75. The van der Waals surface area contributed by atoms with E-state index < -0.39 is 0 Å². The minimum absolute atomic E-state index is 0.339. The Labute approximate surface area is 107 Å². The molecule has 2 saturated heterocycles. The van der Waals surface area contributed by atoms with E-state index in [4.69, 9.17) is 5.73 Å². The monoisotopic (exact) mass is 245 g/mol. The van der Waals surface area contributed by atoms with Gasteiger partial charge in [0.1, 0.15) is 0 Å². The molecule has 0 saturated carbocycles. The Bertz CT molecular complexity index is 446. The summed E-state index contributed by atoms with van der Waals surface area (Å²) < 4.78 is 0. The Kier molecular flexibility index (Phi) is 2.96.